The molecule has 2 aromatic rings. The summed E-state index contributed by atoms with van der Waals surface area (Å²) >= 11 is 6.18. The van der Waals surface area contributed by atoms with Crippen LogP contribution in [0.4, 0.5) is 23.2 Å². The van der Waals surface area contributed by atoms with Crippen LogP contribution in [-0.2, 0) is 27.7 Å². The number of aromatic nitrogens is 1. The van der Waals surface area contributed by atoms with E-state index in [2.05, 4.69) is 10.3 Å². The first-order chi connectivity index (χ1) is 18.5. The van der Waals surface area contributed by atoms with Gasteiger partial charge in [0, 0.05) is 40.3 Å². The van der Waals surface area contributed by atoms with Gasteiger partial charge in [0.15, 0.2) is 0 Å². The minimum Gasteiger partial charge on any atom is -0.373 e. The summed E-state index contributed by atoms with van der Waals surface area (Å²) in [6.07, 6.45) is 0.620. The van der Waals surface area contributed by atoms with Crippen molar-refractivity contribution in [1.29, 1.82) is 0 Å². The summed E-state index contributed by atoms with van der Waals surface area (Å²) in [4.78, 5) is 24.1. The third-order valence-electron chi connectivity index (χ3n) is 8.51. The Kier molecular flexibility index (Phi) is 6.41. The number of nitrogens with one attached hydrogen (secondary N) is 1. The zero-order chi connectivity index (χ0) is 27.6. The second-order valence-electron chi connectivity index (χ2n) is 11.3. The molecule has 39 heavy (non-hydrogen) atoms. The standard InChI is InChI=1S/C28H29ClF4N4O2/c1-26(7-2-8-26)23-18(5-6-22(34-23)28(31,32)33)24-35-25(38)27(36-24)9-11-37(12-10-27)21-14-16(29)13-20(30)19(21)15-39-17-3-4-17/h5-6,13-14,17H,2-4,7-12,15H2,1H3,(H,35,36,38). The summed E-state index contributed by atoms with van der Waals surface area (Å²) in [5.41, 5.74) is -0.646. The molecule has 3 heterocycles. The lowest BCUT2D eigenvalue weighted by Gasteiger charge is -2.39. The van der Waals surface area contributed by atoms with Crippen molar-refractivity contribution < 1.29 is 27.1 Å². The van der Waals surface area contributed by atoms with Gasteiger partial charge in [-0.15, -0.1) is 0 Å². The molecular formula is C28H29ClF4N4O2. The summed E-state index contributed by atoms with van der Waals surface area (Å²) < 4.78 is 61.0. The van der Waals surface area contributed by atoms with E-state index in [1.54, 1.807) is 6.07 Å². The van der Waals surface area contributed by atoms with Gasteiger partial charge in [-0.1, -0.05) is 24.9 Å². The fraction of sp³-hybridized carbons (Fsp3) is 0.536. The predicted octanol–water partition coefficient (Wildman–Crippen LogP) is 5.93. The summed E-state index contributed by atoms with van der Waals surface area (Å²) in [5, 5.41) is 3.12. The van der Waals surface area contributed by atoms with Crippen LogP contribution in [0, 0.1) is 5.82 Å². The van der Waals surface area contributed by atoms with E-state index < -0.39 is 28.6 Å². The van der Waals surface area contributed by atoms with Crippen molar-refractivity contribution in [3.8, 4) is 0 Å². The van der Waals surface area contributed by atoms with Crippen LogP contribution in [0.3, 0.4) is 0 Å². The molecule has 0 unspecified atom stereocenters. The van der Waals surface area contributed by atoms with Gasteiger partial charge in [-0.25, -0.2) is 9.37 Å². The number of hydrogen-bond donors (Lipinski definition) is 1. The number of nitrogens with zero attached hydrogens (tertiary/aromatic N) is 3. The Balaban J connectivity index is 1.27. The average molecular weight is 565 g/mol. The maximum atomic E-state index is 14.8. The lowest BCUT2D eigenvalue weighted by molar-refractivity contribution is -0.141. The molecule has 2 aliphatic carbocycles. The zero-order valence-corrected chi connectivity index (χ0v) is 22.3. The lowest BCUT2D eigenvalue weighted by Crippen LogP contribution is -2.49. The molecule has 0 bridgehead atoms. The van der Waals surface area contributed by atoms with Crippen LogP contribution in [0.5, 0.6) is 0 Å². The van der Waals surface area contributed by atoms with Gasteiger partial charge in [0.05, 0.1) is 18.4 Å². The number of pyridine rings is 1. The average Bonchev–Trinajstić information content (AvgIpc) is 3.64. The van der Waals surface area contributed by atoms with Gasteiger partial charge in [0.25, 0.3) is 5.91 Å². The molecule has 1 N–H and O–H groups in total. The van der Waals surface area contributed by atoms with Gasteiger partial charge in [0.1, 0.15) is 22.9 Å². The maximum Gasteiger partial charge on any atom is 0.433 e. The number of benzene rings is 1. The van der Waals surface area contributed by atoms with Crippen LogP contribution in [0.1, 0.15) is 74.4 Å². The number of anilines is 1. The summed E-state index contributed by atoms with van der Waals surface area (Å²) in [7, 11) is 0. The Hall–Kier alpha value is -2.72. The Morgan fingerprint density at radius 1 is 1.15 bits per heavy atom. The molecule has 11 heteroatoms. The molecule has 1 aromatic carbocycles. The minimum atomic E-state index is -4.56. The third kappa shape index (κ3) is 4.90. The van der Waals surface area contributed by atoms with Crippen molar-refractivity contribution in [1.82, 2.24) is 10.3 Å². The van der Waals surface area contributed by atoms with E-state index >= 15 is 0 Å². The van der Waals surface area contributed by atoms with Crippen molar-refractivity contribution in [2.45, 2.75) is 81.7 Å². The van der Waals surface area contributed by atoms with Crippen LogP contribution in [0.15, 0.2) is 29.3 Å². The van der Waals surface area contributed by atoms with Gasteiger partial charge in [-0.2, -0.15) is 13.2 Å². The molecule has 1 saturated heterocycles. The van der Waals surface area contributed by atoms with Crippen molar-refractivity contribution in [2.75, 3.05) is 18.0 Å². The van der Waals surface area contributed by atoms with Crippen LogP contribution in [0.2, 0.25) is 5.02 Å². The number of rotatable bonds is 6. The van der Waals surface area contributed by atoms with E-state index in [0.29, 0.717) is 48.4 Å². The summed E-state index contributed by atoms with van der Waals surface area (Å²) in [5.74, 6) is -0.439. The number of amidine groups is 1. The Bertz CT molecular complexity index is 1350. The van der Waals surface area contributed by atoms with E-state index in [1.165, 1.54) is 12.1 Å². The molecule has 4 aliphatic rings. The SMILES string of the molecule is CC1(c2nc(C(F)(F)F)ccc2C2=NC3(CCN(c4cc(Cl)cc(F)c4COC4CC4)CC3)C(=O)N2)CCC1. The van der Waals surface area contributed by atoms with E-state index in [9.17, 15) is 22.4 Å². The number of ether oxygens (including phenoxy) is 1. The number of hydrogen-bond acceptors (Lipinski definition) is 5. The highest BCUT2D eigenvalue weighted by Crippen LogP contribution is 2.45. The molecular weight excluding hydrogens is 536 g/mol. The van der Waals surface area contributed by atoms with Gasteiger partial charge < -0.3 is 15.0 Å². The molecule has 2 aliphatic heterocycles. The molecule has 0 radical (unpaired) electrons. The lowest BCUT2D eigenvalue weighted by atomic mass is 9.67. The second-order valence-corrected chi connectivity index (χ2v) is 11.8. The molecule has 208 valence electrons. The quantitative estimate of drug-likeness (QED) is 0.442. The number of alkyl halides is 3. The molecule has 3 fully saturated rings. The minimum absolute atomic E-state index is 0.149. The highest BCUT2D eigenvalue weighted by molar-refractivity contribution is 6.30. The predicted molar refractivity (Wildman–Crippen MR) is 139 cm³/mol. The number of amides is 1. The molecule has 1 aromatic heterocycles. The second kappa shape index (κ2) is 9.44. The normalized spacial score (nSPS) is 22.1. The Morgan fingerprint density at radius 3 is 2.49 bits per heavy atom. The Morgan fingerprint density at radius 2 is 1.87 bits per heavy atom. The van der Waals surface area contributed by atoms with Crippen LogP contribution < -0.4 is 10.2 Å². The number of piperidine rings is 1. The van der Waals surface area contributed by atoms with E-state index in [0.717, 1.165) is 38.2 Å². The number of carbonyl (C=O) groups excluding carboxylic acids is 1. The van der Waals surface area contributed by atoms with Crippen molar-refractivity contribution >= 4 is 29.0 Å². The Labute approximate surface area is 228 Å². The highest BCUT2D eigenvalue weighted by Gasteiger charge is 2.48. The van der Waals surface area contributed by atoms with Gasteiger partial charge in [0.2, 0.25) is 0 Å². The van der Waals surface area contributed by atoms with Crippen molar-refractivity contribution in [3.05, 3.63) is 57.6 Å². The first-order valence-corrected chi connectivity index (χ1v) is 13.7. The van der Waals surface area contributed by atoms with E-state index in [-0.39, 0.29) is 29.5 Å². The number of carbonyl (C=O) groups is 1. The van der Waals surface area contributed by atoms with Crippen LogP contribution >= 0.6 is 11.6 Å². The van der Waals surface area contributed by atoms with E-state index in [1.807, 2.05) is 11.8 Å². The van der Waals surface area contributed by atoms with Crippen LogP contribution in [-0.4, -0.2) is 41.5 Å². The number of aliphatic imine (C=N–C) groups is 1. The molecule has 6 rings (SSSR count). The molecule has 1 spiro atoms. The highest BCUT2D eigenvalue weighted by atomic mass is 35.5. The summed E-state index contributed by atoms with van der Waals surface area (Å²) in [6, 6.07) is 5.32. The molecule has 1 amide bonds. The topological polar surface area (TPSA) is 66.8 Å². The fourth-order valence-electron chi connectivity index (χ4n) is 5.76. The smallest absolute Gasteiger partial charge is 0.373 e. The first-order valence-electron chi connectivity index (χ1n) is 13.3. The fourth-order valence-corrected chi connectivity index (χ4v) is 5.96. The monoisotopic (exact) mass is 564 g/mol. The molecule has 2 saturated carbocycles. The number of halogens is 5. The van der Waals surface area contributed by atoms with Gasteiger partial charge >= 0.3 is 6.18 Å². The largest absolute Gasteiger partial charge is 0.433 e. The first kappa shape index (κ1) is 26.5. The molecule has 0 atom stereocenters. The third-order valence-corrected chi connectivity index (χ3v) is 8.72. The van der Waals surface area contributed by atoms with Gasteiger partial charge in [-0.05, 0) is 62.8 Å². The van der Waals surface area contributed by atoms with Gasteiger partial charge in [-0.3, -0.25) is 9.79 Å². The zero-order valence-electron chi connectivity index (χ0n) is 21.5. The van der Waals surface area contributed by atoms with E-state index in [4.69, 9.17) is 21.3 Å². The molecule has 6 nitrogen and oxygen atoms in total. The van der Waals surface area contributed by atoms with Crippen molar-refractivity contribution in [3.63, 3.8) is 0 Å². The van der Waals surface area contributed by atoms with Crippen molar-refractivity contribution in [2.24, 2.45) is 4.99 Å². The van der Waals surface area contributed by atoms with Crippen LogP contribution in [0.25, 0.3) is 0 Å². The summed E-state index contributed by atoms with van der Waals surface area (Å²) in [6.45, 7) is 2.91. The maximum absolute atomic E-state index is 14.8.